The molecule has 74 valence electrons. The van der Waals surface area contributed by atoms with E-state index in [0.717, 1.165) is 23.3 Å². The van der Waals surface area contributed by atoms with Crippen LogP contribution in [0.1, 0.15) is 28.6 Å². The first-order valence-corrected chi connectivity index (χ1v) is 5.44. The highest BCUT2D eigenvalue weighted by atomic mass is 32.1. The van der Waals surface area contributed by atoms with Crippen LogP contribution in [0.2, 0.25) is 0 Å². The van der Waals surface area contributed by atoms with Crippen LogP contribution < -0.4 is 5.32 Å². The summed E-state index contributed by atoms with van der Waals surface area (Å²) in [5.41, 5.74) is 0.792. The lowest BCUT2D eigenvalue weighted by Gasteiger charge is -2.21. The average Bonchev–Trinajstić information content (AvgIpc) is 2.57. The number of nitrogens with one attached hydrogen (secondary N) is 1. The number of carbonyl (C=O) groups is 2. The molecule has 0 fully saturated rings. The second-order valence-electron chi connectivity index (χ2n) is 3.41. The maximum Gasteiger partial charge on any atom is 0.217 e. The van der Waals surface area contributed by atoms with Crippen LogP contribution in [0.4, 0.5) is 0 Å². The van der Waals surface area contributed by atoms with E-state index in [2.05, 4.69) is 5.32 Å². The molecule has 2 rings (SSSR count). The van der Waals surface area contributed by atoms with Crippen molar-refractivity contribution in [2.24, 2.45) is 0 Å². The van der Waals surface area contributed by atoms with Crippen LogP contribution in [0, 0.1) is 0 Å². The van der Waals surface area contributed by atoms with Crippen molar-refractivity contribution in [2.45, 2.75) is 25.8 Å². The van der Waals surface area contributed by atoms with Gasteiger partial charge in [-0.2, -0.15) is 0 Å². The highest BCUT2D eigenvalue weighted by Gasteiger charge is 2.28. The van der Waals surface area contributed by atoms with Crippen molar-refractivity contribution in [2.75, 3.05) is 0 Å². The predicted octanol–water partition coefficient (Wildman–Crippen LogP) is 1.38. The van der Waals surface area contributed by atoms with Gasteiger partial charge in [0.2, 0.25) is 5.91 Å². The maximum atomic E-state index is 11.8. The molecule has 1 aliphatic carbocycles. The molecule has 1 amide bonds. The Labute approximate surface area is 86.1 Å². The van der Waals surface area contributed by atoms with E-state index in [1.165, 1.54) is 6.92 Å². The fraction of sp³-hybridized carbons (Fsp3) is 0.400. The summed E-state index contributed by atoms with van der Waals surface area (Å²) in [4.78, 5) is 23.8. The Hall–Kier alpha value is -1.16. The first kappa shape index (κ1) is 9.40. The Morgan fingerprint density at radius 3 is 3.14 bits per heavy atom. The van der Waals surface area contributed by atoms with E-state index in [1.54, 1.807) is 11.3 Å². The first-order chi connectivity index (χ1) is 6.68. The number of aryl methyl sites for hydroxylation is 1. The summed E-state index contributed by atoms with van der Waals surface area (Å²) in [6.07, 6.45) is 1.62. The quantitative estimate of drug-likeness (QED) is 0.759. The van der Waals surface area contributed by atoms with Crippen LogP contribution in [-0.4, -0.2) is 17.7 Å². The topological polar surface area (TPSA) is 46.2 Å². The minimum absolute atomic E-state index is 0.0581. The lowest BCUT2D eigenvalue weighted by Crippen LogP contribution is -2.42. The molecule has 0 saturated heterocycles. The smallest absolute Gasteiger partial charge is 0.217 e. The van der Waals surface area contributed by atoms with Gasteiger partial charge in [0.05, 0.1) is 6.04 Å². The molecular weight excluding hydrogens is 198 g/mol. The summed E-state index contributed by atoms with van der Waals surface area (Å²) in [5.74, 6) is -0.0790. The number of hydrogen-bond acceptors (Lipinski definition) is 3. The van der Waals surface area contributed by atoms with E-state index in [9.17, 15) is 9.59 Å². The standard InChI is InChI=1S/C10H11NO2S/c1-6(12)11-8-2-3-9-7(10(8)13)4-5-14-9/h4-5,8H,2-3H2,1H3,(H,11,12). The second-order valence-corrected chi connectivity index (χ2v) is 4.41. The third-order valence-electron chi connectivity index (χ3n) is 2.36. The summed E-state index contributed by atoms with van der Waals surface area (Å²) in [5, 5.41) is 4.61. The maximum absolute atomic E-state index is 11.8. The van der Waals surface area contributed by atoms with Crippen molar-refractivity contribution in [3.8, 4) is 0 Å². The Bertz CT molecular complexity index is 383. The van der Waals surface area contributed by atoms with Crippen molar-refractivity contribution < 1.29 is 9.59 Å². The van der Waals surface area contributed by atoms with E-state index in [0.29, 0.717) is 0 Å². The first-order valence-electron chi connectivity index (χ1n) is 4.56. The number of hydrogen-bond donors (Lipinski definition) is 1. The lowest BCUT2D eigenvalue weighted by molar-refractivity contribution is -0.119. The molecule has 1 N–H and O–H groups in total. The van der Waals surface area contributed by atoms with Gasteiger partial charge >= 0.3 is 0 Å². The number of thiophene rings is 1. The van der Waals surface area contributed by atoms with Gasteiger partial charge in [0.25, 0.3) is 0 Å². The third-order valence-corrected chi connectivity index (χ3v) is 3.35. The molecule has 0 bridgehead atoms. The number of rotatable bonds is 1. The van der Waals surface area contributed by atoms with Crippen molar-refractivity contribution in [3.05, 3.63) is 21.9 Å². The van der Waals surface area contributed by atoms with E-state index in [1.807, 2.05) is 11.4 Å². The number of amides is 1. The summed E-state index contributed by atoms with van der Waals surface area (Å²) in [6, 6.07) is 1.53. The Morgan fingerprint density at radius 1 is 1.64 bits per heavy atom. The van der Waals surface area contributed by atoms with Gasteiger partial charge in [-0.1, -0.05) is 0 Å². The van der Waals surface area contributed by atoms with E-state index in [-0.39, 0.29) is 17.7 Å². The van der Waals surface area contributed by atoms with Gasteiger partial charge in [-0.15, -0.1) is 11.3 Å². The minimum Gasteiger partial charge on any atom is -0.346 e. The van der Waals surface area contributed by atoms with E-state index in [4.69, 9.17) is 0 Å². The van der Waals surface area contributed by atoms with Gasteiger partial charge < -0.3 is 5.32 Å². The number of carbonyl (C=O) groups excluding carboxylic acids is 2. The SMILES string of the molecule is CC(=O)NC1CCc2sccc2C1=O. The monoisotopic (exact) mass is 209 g/mol. The van der Waals surface area contributed by atoms with Gasteiger partial charge in [0.1, 0.15) is 0 Å². The van der Waals surface area contributed by atoms with Gasteiger partial charge in [0, 0.05) is 17.4 Å². The van der Waals surface area contributed by atoms with Crippen LogP contribution in [0.25, 0.3) is 0 Å². The van der Waals surface area contributed by atoms with Gasteiger partial charge in [-0.05, 0) is 24.3 Å². The zero-order chi connectivity index (χ0) is 10.1. The summed E-state index contributed by atoms with van der Waals surface area (Å²) in [6.45, 7) is 1.44. The van der Waals surface area contributed by atoms with Crippen LogP contribution in [-0.2, 0) is 11.2 Å². The third kappa shape index (κ3) is 1.57. The highest BCUT2D eigenvalue weighted by Crippen LogP contribution is 2.26. The van der Waals surface area contributed by atoms with Crippen LogP contribution in [0.3, 0.4) is 0 Å². The molecule has 1 aliphatic rings. The molecule has 1 unspecified atom stereocenters. The molecular formula is C10H11NO2S. The molecule has 1 aromatic rings. The van der Waals surface area contributed by atoms with Crippen LogP contribution in [0.15, 0.2) is 11.4 Å². The Morgan fingerprint density at radius 2 is 2.43 bits per heavy atom. The molecule has 14 heavy (non-hydrogen) atoms. The van der Waals surface area contributed by atoms with Crippen molar-refractivity contribution >= 4 is 23.0 Å². The van der Waals surface area contributed by atoms with E-state index < -0.39 is 0 Å². The Kier molecular flexibility index (Phi) is 2.37. The number of fused-ring (bicyclic) bond motifs is 1. The average molecular weight is 209 g/mol. The van der Waals surface area contributed by atoms with Crippen LogP contribution in [0.5, 0.6) is 0 Å². The fourth-order valence-electron chi connectivity index (χ4n) is 1.73. The largest absolute Gasteiger partial charge is 0.346 e. The normalized spacial score (nSPS) is 20.4. The second kappa shape index (κ2) is 3.53. The van der Waals surface area contributed by atoms with Crippen molar-refractivity contribution in [3.63, 3.8) is 0 Å². The lowest BCUT2D eigenvalue weighted by atomic mass is 9.93. The van der Waals surface area contributed by atoms with Crippen molar-refractivity contribution in [1.29, 1.82) is 0 Å². The van der Waals surface area contributed by atoms with Gasteiger partial charge in [-0.3, -0.25) is 9.59 Å². The zero-order valence-corrected chi connectivity index (χ0v) is 8.69. The minimum atomic E-state index is -0.311. The van der Waals surface area contributed by atoms with Gasteiger partial charge in [0.15, 0.2) is 5.78 Å². The number of Topliss-reactive ketones (excluding diaryl/α,β-unsaturated/α-hetero) is 1. The fourth-order valence-corrected chi connectivity index (χ4v) is 2.63. The van der Waals surface area contributed by atoms with Crippen molar-refractivity contribution in [1.82, 2.24) is 5.32 Å². The zero-order valence-electron chi connectivity index (χ0n) is 7.87. The Balaban J connectivity index is 2.21. The molecule has 0 aliphatic heterocycles. The molecule has 0 radical (unpaired) electrons. The molecule has 0 spiro atoms. The molecule has 3 nitrogen and oxygen atoms in total. The molecule has 0 saturated carbocycles. The molecule has 0 aromatic carbocycles. The summed E-state index contributed by atoms with van der Waals surface area (Å²) < 4.78 is 0. The van der Waals surface area contributed by atoms with Crippen LogP contribution >= 0.6 is 11.3 Å². The van der Waals surface area contributed by atoms with E-state index >= 15 is 0 Å². The van der Waals surface area contributed by atoms with Gasteiger partial charge in [-0.25, -0.2) is 0 Å². The molecule has 4 heteroatoms. The molecule has 1 aromatic heterocycles. The summed E-state index contributed by atoms with van der Waals surface area (Å²) in [7, 11) is 0. The molecule has 1 heterocycles. The molecule has 1 atom stereocenters. The number of ketones is 1. The predicted molar refractivity (Wildman–Crippen MR) is 54.6 cm³/mol. The summed E-state index contributed by atoms with van der Waals surface area (Å²) >= 11 is 1.62. The highest BCUT2D eigenvalue weighted by molar-refractivity contribution is 7.10.